The van der Waals surface area contributed by atoms with Crippen molar-refractivity contribution in [1.82, 2.24) is 4.98 Å². The summed E-state index contributed by atoms with van der Waals surface area (Å²) in [7, 11) is 0. The number of hydrogen-bond donors (Lipinski definition) is 1. The van der Waals surface area contributed by atoms with Crippen LogP contribution in [-0.2, 0) is 6.42 Å². The van der Waals surface area contributed by atoms with Gasteiger partial charge in [-0.15, -0.1) is 0 Å². The number of pyridine rings is 1. The molecule has 0 aliphatic carbocycles. The average Bonchev–Trinajstić information content (AvgIpc) is 2.41. The Hall–Kier alpha value is -2.05. The fourth-order valence-corrected chi connectivity index (χ4v) is 1.71. The molecule has 0 radical (unpaired) electrons. The molecule has 0 saturated carbocycles. The summed E-state index contributed by atoms with van der Waals surface area (Å²) in [5.74, 6) is 0.725. The lowest BCUT2D eigenvalue weighted by Gasteiger charge is -2.05. The Bertz CT molecular complexity index is 558. The lowest BCUT2D eigenvalue weighted by Crippen LogP contribution is -2.06. The van der Waals surface area contributed by atoms with Crippen LogP contribution in [0.3, 0.4) is 0 Å². The predicted octanol–water partition coefficient (Wildman–Crippen LogP) is 3.26. The minimum atomic E-state index is 0.423. The lowest BCUT2D eigenvalue weighted by molar-refractivity contribution is 1.00. The Kier molecular flexibility index (Phi) is 4.16. The molecule has 18 heavy (non-hydrogen) atoms. The first-order valence-corrected chi connectivity index (χ1v) is 6.01. The van der Waals surface area contributed by atoms with Crippen molar-refractivity contribution in [2.24, 2.45) is 0 Å². The van der Waals surface area contributed by atoms with E-state index in [4.69, 9.17) is 16.9 Å². The number of benzene rings is 1. The second-order valence-corrected chi connectivity index (χ2v) is 4.26. The summed E-state index contributed by atoms with van der Waals surface area (Å²) in [6.45, 7) is 0.767. The number of anilines is 1. The summed E-state index contributed by atoms with van der Waals surface area (Å²) in [6, 6.07) is 15.1. The van der Waals surface area contributed by atoms with Crippen molar-refractivity contribution in [2.45, 2.75) is 6.42 Å². The van der Waals surface area contributed by atoms with Gasteiger partial charge in [-0.3, -0.25) is 0 Å². The first-order valence-electron chi connectivity index (χ1n) is 5.63. The molecule has 0 aliphatic rings. The summed E-state index contributed by atoms with van der Waals surface area (Å²) in [5.41, 5.74) is 1.63. The highest BCUT2D eigenvalue weighted by atomic mass is 35.5. The molecule has 0 bridgehead atoms. The van der Waals surface area contributed by atoms with Crippen molar-refractivity contribution in [3.8, 4) is 6.07 Å². The Morgan fingerprint density at radius 3 is 2.67 bits per heavy atom. The molecule has 0 aliphatic heterocycles. The van der Waals surface area contributed by atoms with E-state index in [0.717, 1.165) is 23.8 Å². The Balaban J connectivity index is 1.88. The fraction of sp³-hybridized carbons (Fsp3) is 0.143. The van der Waals surface area contributed by atoms with Crippen LogP contribution in [0.25, 0.3) is 0 Å². The molecule has 2 aromatic rings. The number of nitrogens with one attached hydrogen (secondary N) is 1. The van der Waals surface area contributed by atoms with Crippen LogP contribution in [0.5, 0.6) is 0 Å². The van der Waals surface area contributed by atoms with Crippen LogP contribution in [-0.4, -0.2) is 11.5 Å². The number of hydrogen-bond acceptors (Lipinski definition) is 3. The summed E-state index contributed by atoms with van der Waals surface area (Å²) in [6.07, 6.45) is 0.885. The Morgan fingerprint density at radius 1 is 1.17 bits per heavy atom. The van der Waals surface area contributed by atoms with Gasteiger partial charge in [-0.1, -0.05) is 29.8 Å². The SMILES string of the molecule is N#Cc1cccc(NCCc2ccc(Cl)cc2)n1. The van der Waals surface area contributed by atoms with E-state index in [9.17, 15) is 0 Å². The van der Waals surface area contributed by atoms with Crippen LogP contribution in [0, 0.1) is 11.3 Å². The van der Waals surface area contributed by atoms with E-state index in [-0.39, 0.29) is 0 Å². The molecular weight excluding hydrogens is 246 g/mol. The first-order chi connectivity index (χ1) is 8.78. The largest absolute Gasteiger partial charge is 0.370 e. The first kappa shape index (κ1) is 12.4. The van der Waals surface area contributed by atoms with E-state index in [2.05, 4.69) is 10.3 Å². The molecule has 0 unspecified atom stereocenters. The smallest absolute Gasteiger partial charge is 0.142 e. The second kappa shape index (κ2) is 6.04. The van der Waals surface area contributed by atoms with E-state index in [1.54, 1.807) is 6.07 Å². The molecule has 3 nitrogen and oxygen atoms in total. The van der Waals surface area contributed by atoms with Gasteiger partial charge in [-0.2, -0.15) is 5.26 Å². The third-order valence-electron chi connectivity index (χ3n) is 2.50. The number of rotatable bonds is 4. The van der Waals surface area contributed by atoms with E-state index < -0.39 is 0 Å². The minimum absolute atomic E-state index is 0.423. The fourth-order valence-electron chi connectivity index (χ4n) is 1.58. The number of nitrogens with zero attached hydrogens (tertiary/aromatic N) is 2. The van der Waals surface area contributed by atoms with E-state index in [1.165, 1.54) is 5.56 Å². The highest BCUT2D eigenvalue weighted by Crippen LogP contribution is 2.10. The highest BCUT2D eigenvalue weighted by molar-refractivity contribution is 6.30. The molecule has 4 heteroatoms. The Labute approximate surface area is 111 Å². The second-order valence-electron chi connectivity index (χ2n) is 3.82. The van der Waals surface area contributed by atoms with Crippen molar-refractivity contribution in [3.05, 3.63) is 58.7 Å². The molecule has 0 spiro atoms. The highest BCUT2D eigenvalue weighted by Gasteiger charge is 1.97. The Morgan fingerprint density at radius 2 is 1.94 bits per heavy atom. The monoisotopic (exact) mass is 257 g/mol. The van der Waals surface area contributed by atoms with Gasteiger partial charge in [0.2, 0.25) is 0 Å². The van der Waals surface area contributed by atoms with Crippen LogP contribution >= 0.6 is 11.6 Å². The molecule has 0 saturated heterocycles. The minimum Gasteiger partial charge on any atom is -0.370 e. The standard InChI is InChI=1S/C14H12ClN3/c15-12-6-4-11(5-7-12)8-9-17-14-3-1-2-13(10-16)18-14/h1-7H,8-9H2,(H,17,18). The van der Waals surface area contributed by atoms with Gasteiger partial charge in [-0.05, 0) is 36.2 Å². The van der Waals surface area contributed by atoms with E-state index in [0.29, 0.717) is 5.69 Å². The molecule has 1 aromatic carbocycles. The van der Waals surface area contributed by atoms with Crippen molar-refractivity contribution < 1.29 is 0 Å². The van der Waals surface area contributed by atoms with Gasteiger partial charge in [0.15, 0.2) is 0 Å². The molecular formula is C14H12ClN3. The van der Waals surface area contributed by atoms with Crippen LogP contribution in [0.15, 0.2) is 42.5 Å². The maximum Gasteiger partial charge on any atom is 0.142 e. The van der Waals surface area contributed by atoms with Gasteiger partial charge >= 0.3 is 0 Å². The summed E-state index contributed by atoms with van der Waals surface area (Å²) < 4.78 is 0. The van der Waals surface area contributed by atoms with E-state index >= 15 is 0 Å². The number of halogens is 1. The van der Waals surface area contributed by atoms with Gasteiger partial charge in [-0.25, -0.2) is 4.98 Å². The molecule has 0 amide bonds. The normalized spacial score (nSPS) is 9.78. The molecule has 0 fully saturated rings. The van der Waals surface area contributed by atoms with Crippen LogP contribution < -0.4 is 5.32 Å². The molecule has 1 aromatic heterocycles. The summed E-state index contributed by atoms with van der Waals surface area (Å²) in [5, 5.41) is 12.7. The van der Waals surface area contributed by atoms with Gasteiger partial charge in [0, 0.05) is 11.6 Å². The quantitative estimate of drug-likeness (QED) is 0.915. The van der Waals surface area contributed by atoms with Crippen LogP contribution in [0.1, 0.15) is 11.3 Å². The molecule has 1 heterocycles. The van der Waals surface area contributed by atoms with E-state index in [1.807, 2.05) is 42.5 Å². The molecule has 0 atom stereocenters. The van der Waals surface area contributed by atoms with Crippen molar-refractivity contribution in [3.63, 3.8) is 0 Å². The maximum absolute atomic E-state index is 8.74. The van der Waals surface area contributed by atoms with Gasteiger partial charge in [0.1, 0.15) is 17.6 Å². The number of nitriles is 1. The average molecular weight is 258 g/mol. The number of aromatic nitrogens is 1. The predicted molar refractivity (Wildman–Crippen MR) is 72.6 cm³/mol. The maximum atomic E-state index is 8.74. The third kappa shape index (κ3) is 3.47. The van der Waals surface area contributed by atoms with Gasteiger partial charge < -0.3 is 5.32 Å². The third-order valence-corrected chi connectivity index (χ3v) is 2.75. The molecule has 1 N–H and O–H groups in total. The van der Waals surface area contributed by atoms with Crippen molar-refractivity contribution in [1.29, 1.82) is 5.26 Å². The molecule has 2 rings (SSSR count). The zero-order valence-corrected chi connectivity index (χ0v) is 10.5. The molecule has 90 valence electrons. The van der Waals surface area contributed by atoms with Crippen molar-refractivity contribution in [2.75, 3.05) is 11.9 Å². The van der Waals surface area contributed by atoms with Gasteiger partial charge in [0.25, 0.3) is 0 Å². The van der Waals surface area contributed by atoms with Crippen LogP contribution in [0.2, 0.25) is 5.02 Å². The zero-order chi connectivity index (χ0) is 12.8. The summed E-state index contributed by atoms with van der Waals surface area (Å²) >= 11 is 5.82. The van der Waals surface area contributed by atoms with Crippen LogP contribution in [0.4, 0.5) is 5.82 Å². The lowest BCUT2D eigenvalue weighted by atomic mass is 10.1. The van der Waals surface area contributed by atoms with Gasteiger partial charge in [0.05, 0.1) is 0 Å². The topological polar surface area (TPSA) is 48.7 Å². The van der Waals surface area contributed by atoms with Crippen molar-refractivity contribution >= 4 is 17.4 Å². The summed E-state index contributed by atoms with van der Waals surface area (Å²) in [4.78, 5) is 4.14. The zero-order valence-electron chi connectivity index (χ0n) is 9.73.